The molecule has 0 amide bonds. The molecule has 2 heterocycles. The van der Waals surface area contributed by atoms with Crippen LogP contribution in [0.25, 0.3) is 11.4 Å². The average Bonchev–Trinajstić information content (AvgIpc) is 2.90. The van der Waals surface area contributed by atoms with Gasteiger partial charge in [0.2, 0.25) is 5.82 Å². The molecule has 0 spiro atoms. The highest BCUT2D eigenvalue weighted by molar-refractivity contribution is 5.85. The Morgan fingerprint density at radius 2 is 2.05 bits per heavy atom. The Bertz CT molecular complexity index is 521. The monoisotopic (exact) mass is 281 g/mol. The van der Waals surface area contributed by atoms with Crippen LogP contribution >= 0.6 is 12.4 Å². The molecule has 19 heavy (non-hydrogen) atoms. The lowest BCUT2D eigenvalue weighted by Gasteiger charge is -2.19. The normalized spacial score (nSPS) is 18.9. The van der Waals surface area contributed by atoms with Gasteiger partial charge < -0.3 is 14.6 Å². The zero-order valence-electron chi connectivity index (χ0n) is 10.6. The van der Waals surface area contributed by atoms with E-state index >= 15 is 0 Å². The minimum atomic E-state index is -0.134. The smallest absolute Gasteiger partial charge is 0.257 e. The summed E-state index contributed by atoms with van der Waals surface area (Å²) in [6.07, 6.45) is -0.134. The van der Waals surface area contributed by atoms with Gasteiger partial charge in [0.1, 0.15) is 6.10 Å². The molecule has 6 heteroatoms. The van der Waals surface area contributed by atoms with Crippen LogP contribution in [-0.2, 0) is 4.74 Å². The molecular weight excluding hydrogens is 266 g/mol. The first-order valence-corrected chi connectivity index (χ1v) is 6.06. The summed E-state index contributed by atoms with van der Waals surface area (Å²) in [5.41, 5.74) is 2.17. The fraction of sp³-hybridized carbons (Fsp3) is 0.385. The molecular formula is C13H16ClN3O2. The van der Waals surface area contributed by atoms with E-state index in [-0.39, 0.29) is 18.5 Å². The quantitative estimate of drug-likeness (QED) is 0.914. The van der Waals surface area contributed by atoms with Crippen LogP contribution in [0.4, 0.5) is 0 Å². The number of aryl methyl sites for hydroxylation is 1. The average molecular weight is 282 g/mol. The molecule has 1 saturated heterocycles. The third kappa shape index (κ3) is 3.12. The minimum Gasteiger partial charge on any atom is -0.366 e. The Morgan fingerprint density at radius 3 is 2.74 bits per heavy atom. The number of halogens is 1. The number of hydrogen-bond acceptors (Lipinski definition) is 5. The number of rotatable bonds is 2. The highest BCUT2D eigenvalue weighted by Crippen LogP contribution is 2.21. The Labute approximate surface area is 117 Å². The van der Waals surface area contributed by atoms with Crippen molar-refractivity contribution in [2.45, 2.75) is 13.0 Å². The van der Waals surface area contributed by atoms with Crippen molar-refractivity contribution in [3.8, 4) is 11.4 Å². The SMILES string of the molecule is Cc1ccc(-c2noc([C@H]3CNCCO3)n2)cc1.Cl. The van der Waals surface area contributed by atoms with E-state index in [0.717, 1.165) is 18.7 Å². The molecule has 2 aromatic rings. The van der Waals surface area contributed by atoms with Crippen LogP contribution < -0.4 is 5.32 Å². The molecule has 5 nitrogen and oxygen atoms in total. The van der Waals surface area contributed by atoms with Gasteiger partial charge in [0.05, 0.1) is 6.61 Å². The zero-order valence-corrected chi connectivity index (χ0v) is 11.4. The predicted molar refractivity (Wildman–Crippen MR) is 73.3 cm³/mol. The van der Waals surface area contributed by atoms with E-state index < -0.39 is 0 Å². The van der Waals surface area contributed by atoms with Crippen molar-refractivity contribution < 1.29 is 9.26 Å². The van der Waals surface area contributed by atoms with Crippen molar-refractivity contribution in [2.24, 2.45) is 0 Å². The summed E-state index contributed by atoms with van der Waals surface area (Å²) in [6, 6.07) is 8.04. The molecule has 1 aromatic heterocycles. The Balaban J connectivity index is 0.00000133. The topological polar surface area (TPSA) is 60.2 Å². The lowest BCUT2D eigenvalue weighted by atomic mass is 10.1. The second-order valence-corrected chi connectivity index (χ2v) is 4.39. The van der Waals surface area contributed by atoms with Gasteiger partial charge in [-0.3, -0.25) is 0 Å². The summed E-state index contributed by atoms with van der Waals surface area (Å²) in [5, 5.41) is 7.23. The molecule has 0 bridgehead atoms. The maximum atomic E-state index is 5.57. The van der Waals surface area contributed by atoms with Crippen LogP contribution in [-0.4, -0.2) is 29.8 Å². The van der Waals surface area contributed by atoms with Crippen molar-refractivity contribution >= 4 is 12.4 Å². The molecule has 0 radical (unpaired) electrons. The van der Waals surface area contributed by atoms with Gasteiger partial charge in [-0.05, 0) is 6.92 Å². The molecule has 102 valence electrons. The summed E-state index contributed by atoms with van der Waals surface area (Å²) in [4.78, 5) is 4.39. The van der Waals surface area contributed by atoms with E-state index in [0.29, 0.717) is 18.3 Å². The van der Waals surface area contributed by atoms with Crippen LogP contribution in [0.2, 0.25) is 0 Å². The summed E-state index contributed by atoms with van der Waals surface area (Å²) in [7, 11) is 0. The molecule has 1 N–H and O–H groups in total. The molecule has 1 atom stereocenters. The van der Waals surface area contributed by atoms with E-state index in [1.807, 2.05) is 31.2 Å². The van der Waals surface area contributed by atoms with Crippen molar-refractivity contribution in [3.05, 3.63) is 35.7 Å². The number of ether oxygens (including phenoxy) is 1. The standard InChI is InChI=1S/C13H15N3O2.ClH/c1-9-2-4-10(5-3-9)12-15-13(18-16-12)11-8-14-6-7-17-11;/h2-5,11,14H,6-8H2,1H3;1H/t11-;/m1./s1. The number of aromatic nitrogens is 2. The minimum absolute atomic E-state index is 0. The van der Waals surface area contributed by atoms with Gasteiger partial charge in [0.25, 0.3) is 5.89 Å². The van der Waals surface area contributed by atoms with Gasteiger partial charge >= 0.3 is 0 Å². The molecule has 3 rings (SSSR count). The van der Waals surface area contributed by atoms with E-state index in [4.69, 9.17) is 9.26 Å². The molecule has 1 aromatic carbocycles. The van der Waals surface area contributed by atoms with Crippen LogP contribution in [0.3, 0.4) is 0 Å². The van der Waals surface area contributed by atoms with Crippen LogP contribution in [0.1, 0.15) is 17.6 Å². The summed E-state index contributed by atoms with van der Waals surface area (Å²) >= 11 is 0. The first-order chi connectivity index (χ1) is 8.83. The molecule has 1 aliphatic heterocycles. The van der Waals surface area contributed by atoms with Gasteiger partial charge in [0.15, 0.2) is 0 Å². The Kier molecular flexibility index (Phi) is 4.52. The number of benzene rings is 1. The first kappa shape index (κ1) is 14.0. The lowest BCUT2D eigenvalue weighted by molar-refractivity contribution is 0.00755. The van der Waals surface area contributed by atoms with Gasteiger partial charge in [-0.1, -0.05) is 35.0 Å². The third-order valence-electron chi connectivity index (χ3n) is 2.95. The van der Waals surface area contributed by atoms with E-state index in [1.54, 1.807) is 0 Å². The maximum absolute atomic E-state index is 5.57. The number of nitrogens with one attached hydrogen (secondary N) is 1. The van der Waals surface area contributed by atoms with Gasteiger partial charge in [0, 0.05) is 18.7 Å². The highest BCUT2D eigenvalue weighted by atomic mass is 35.5. The van der Waals surface area contributed by atoms with Gasteiger partial charge in [-0.2, -0.15) is 4.98 Å². The molecule has 0 saturated carbocycles. The van der Waals surface area contributed by atoms with Crippen molar-refractivity contribution in [1.82, 2.24) is 15.5 Å². The maximum Gasteiger partial charge on any atom is 0.257 e. The lowest BCUT2D eigenvalue weighted by Crippen LogP contribution is -2.33. The van der Waals surface area contributed by atoms with E-state index in [9.17, 15) is 0 Å². The summed E-state index contributed by atoms with van der Waals surface area (Å²) in [6.45, 7) is 4.31. The van der Waals surface area contributed by atoms with E-state index in [2.05, 4.69) is 15.5 Å². The third-order valence-corrected chi connectivity index (χ3v) is 2.95. The van der Waals surface area contributed by atoms with Crippen molar-refractivity contribution in [2.75, 3.05) is 19.7 Å². The largest absolute Gasteiger partial charge is 0.366 e. The molecule has 0 unspecified atom stereocenters. The first-order valence-electron chi connectivity index (χ1n) is 6.06. The molecule has 1 aliphatic rings. The number of nitrogens with zero attached hydrogens (tertiary/aromatic N) is 2. The molecule has 1 fully saturated rings. The predicted octanol–water partition coefficient (Wildman–Crippen LogP) is 2.13. The second kappa shape index (κ2) is 6.14. The highest BCUT2D eigenvalue weighted by Gasteiger charge is 2.22. The summed E-state index contributed by atoms with van der Waals surface area (Å²) < 4.78 is 10.8. The zero-order chi connectivity index (χ0) is 12.4. The van der Waals surface area contributed by atoms with Crippen molar-refractivity contribution in [1.29, 1.82) is 0 Å². The van der Waals surface area contributed by atoms with Crippen molar-refractivity contribution in [3.63, 3.8) is 0 Å². The van der Waals surface area contributed by atoms with Crippen LogP contribution in [0.15, 0.2) is 28.8 Å². The second-order valence-electron chi connectivity index (χ2n) is 4.39. The summed E-state index contributed by atoms with van der Waals surface area (Å²) in [5.74, 6) is 1.15. The van der Waals surface area contributed by atoms with Gasteiger partial charge in [-0.25, -0.2) is 0 Å². The molecule has 0 aliphatic carbocycles. The van der Waals surface area contributed by atoms with E-state index in [1.165, 1.54) is 5.56 Å². The Morgan fingerprint density at radius 1 is 1.26 bits per heavy atom. The number of morpholine rings is 1. The van der Waals surface area contributed by atoms with Crippen LogP contribution in [0.5, 0.6) is 0 Å². The van der Waals surface area contributed by atoms with Gasteiger partial charge in [-0.15, -0.1) is 12.4 Å². The number of hydrogen-bond donors (Lipinski definition) is 1. The Hall–Kier alpha value is -1.43. The fourth-order valence-corrected chi connectivity index (χ4v) is 1.91. The van der Waals surface area contributed by atoms with Crippen LogP contribution in [0, 0.1) is 6.92 Å². The fourth-order valence-electron chi connectivity index (χ4n) is 1.91.